The summed E-state index contributed by atoms with van der Waals surface area (Å²) in [5.74, 6) is 0.322. The Bertz CT molecular complexity index is 177. The van der Waals surface area contributed by atoms with Crippen LogP contribution in [0.15, 0.2) is 30.3 Å². The van der Waals surface area contributed by atoms with E-state index in [-0.39, 0.29) is 6.61 Å². The minimum Gasteiger partial charge on any atom is -0.508 e. The fourth-order valence-electron chi connectivity index (χ4n) is 0.428. The van der Waals surface area contributed by atoms with Crippen LogP contribution < -0.4 is 5.73 Å². The van der Waals surface area contributed by atoms with Crippen molar-refractivity contribution < 1.29 is 15.0 Å². The van der Waals surface area contributed by atoms with Gasteiger partial charge in [0.1, 0.15) is 12.5 Å². The van der Waals surface area contributed by atoms with E-state index in [0.717, 1.165) is 0 Å². The van der Waals surface area contributed by atoms with Crippen molar-refractivity contribution in [3.8, 4) is 5.75 Å². The number of nitrogens with two attached hydrogens (primary N) is 1. The van der Waals surface area contributed by atoms with Gasteiger partial charge in [-0.15, -0.1) is 0 Å². The fraction of sp³-hybridized carbons (Fsp3) is 0.222. The molecule has 4 N–H and O–H groups in total. The lowest BCUT2D eigenvalue weighted by molar-refractivity contribution is -0.0979. The maximum absolute atomic E-state index is 8.63. The highest BCUT2D eigenvalue weighted by molar-refractivity contribution is 5.18. The van der Waals surface area contributed by atoms with Crippen molar-refractivity contribution in [3.63, 3.8) is 0 Å². The number of rotatable bonds is 1. The lowest BCUT2D eigenvalue weighted by Gasteiger charge is -1.82. The average molecular weight is 185 g/mol. The number of aliphatic hydroxyl groups excluding tert-OH is 1. The van der Waals surface area contributed by atoms with E-state index in [1.807, 2.05) is 12.9 Å². The number of aliphatic hydroxyl groups is 1. The first kappa shape index (κ1) is 14.2. The predicted octanol–water partition coefficient (Wildman–Crippen LogP) is 0.145. The number of carbonyl (C=O) groups is 1. The van der Waals surface area contributed by atoms with Crippen molar-refractivity contribution >= 4 is 6.79 Å². The van der Waals surface area contributed by atoms with E-state index < -0.39 is 0 Å². The van der Waals surface area contributed by atoms with Crippen LogP contribution in [0.3, 0.4) is 0 Å². The predicted molar refractivity (Wildman–Crippen MR) is 51.4 cm³/mol. The van der Waals surface area contributed by atoms with Gasteiger partial charge in [-0.25, -0.2) is 0 Å². The number of aromatic hydroxyl groups is 1. The molecule has 0 spiro atoms. The topological polar surface area (TPSA) is 83.6 Å². The van der Waals surface area contributed by atoms with Gasteiger partial charge < -0.3 is 20.7 Å². The summed E-state index contributed by atoms with van der Waals surface area (Å²) in [7, 11) is 0. The minimum absolute atomic E-state index is 0.0972. The molecule has 0 radical (unpaired) electrons. The number of phenols is 1. The molecule has 13 heavy (non-hydrogen) atoms. The smallest absolute Gasteiger partial charge is 0.115 e. The first-order valence-electron chi connectivity index (χ1n) is 3.65. The first-order valence-corrected chi connectivity index (χ1v) is 3.65. The summed E-state index contributed by atoms with van der Waals surface area (Å²) in [4.78, 5) is 8.00. The monoisotopic (exact) mass is 185 g/mol. The lowest BCUT2D eigenvalue weighted by Crippen LogP contribution is -2.02. The quantitative estimate of drug-likeness (QED) is 0.581. The molecule has 0 unspecified atom stereocenters. The molecule has 0 fully saturated rings. The van der Waals surface area contributed by atoms with Gasteiger partial charge in [0, 0.05) is 6.54 Å². The molecule has 4 nitrogen and oxygen atoms in total. The molecule has 0 atom stereocenters. The van der Waals surface area contributed by atoms with Crippen molar-refractivity contribution in [2.45, 2.75) is 0 Å². The Balaban J connectivity index is 0. The molecule has 0 aliphatic heterocycles. The van der Waals surface area contributed by atoms with Gasteiger partial charge in [0.15, 0.2) is 0 Å². The van der Waals surface area contributed by atoms with E-state index in [1.165, 1.54) is 0 Å². The number of benzene rings is 1. The maximum Gasteiger partial charge on any atom is 0.115 e. The van der Waals surface area contributed by atoms with Crippen molar-refractivity contribution in [1.82, 2.24) is 0 Å². The van der Waals surface area contributed by atoms with Gasteiger partial charge in [-0.05, 0) is 12.1 Å². The normalized spacial score (nSPS) is 7.23. The maximum atomic E-state index is 8.63. The second-order valence-corrected chi connectivity index (χ2v) is 1.85. The molecule has 0 aromatic heterocycles. The molecule has 0 amide bonds. The Kier molecular flexibility index (Phi) is 14.4. The number of phenolic OH excluding ortho intramolecular Hbond substituents is 1. The standard InChI is InChI=1S/C6H6O.C2H7NO.CH2O/c7-6-4-2-1-3-5-6;3-1-2-4;1-2/h1-5,7H;4H,1-3H2;1H2. The zero-order valence-electron chi connectivity index (χ0n) is 7.39. The van der Waals surface area contributed by atoms with Crippen molar-refractivity contribution in [2.24, 2.45) is 5.73 Å². The van der Waals surface area contributed by atoms with Gasteiger partial charge in [-0.3, -0.25) is 0 Å². The number of para-hydroxylation sites is 1. The number of hydrogen-bond donors (Lipinski definition) is 3. The molecule has 4 heteroatoms. The molecule has 1 rings (SSSR count). The fourth-order valence-corrected chi connectivity index (χ4v) is 0.428. The van der Waals surface area contributed by atoms with Crippen LogP contribution in [0.25, 0.3) is 0 Å². The molecular weight excluding hydrogens is 170 g/mol. The Labute approximate surface area is 77.6 Å². The summed E-state index contributed by atoms with van der Waals surface area (Å²) >= 11 is 0. The van der Waals surface area contributed by atoms with Crippen LogP contribution >= 0.6 is 0 Å². The van der Waals surface area contributed by atoms with Crippen LogP contribution in [-0.2, 0) is 4.79 Å². The SMILES string of the molecule is C=O.NCCO.Oc1ccccc1. The third kappa shape index (κ3) is 13.6. The summed E-state index contributed by atoms with van der Waals surface area (Å²) in [5, 5.41) is 16.4. The van der Waals surface area contributed by atoms with Crippen molar-refractivity contribution in [3.05, 3.63) is 30.3 Å². The highest BCUT2D eigenvalue weighted by Gasteiger charge is 1.74. The minimum atomic E-state index is 0.0972. The van der Waals surface area contributed by atoms with E-state index in [9.17, 15) is 0 Å². The third-order valence-electron chi connectivity index (χ3n) is 0.885. The second-order valence-electron chi connectivity index (χ2n) is 1.85. The van der Waals surface area contributed by atoms with Crippen molar-refractivity contribution in [2.75, 3.05) is 13.2 Å². The number of hydrogen-bond acceptors (Lipinski definition) is 4. The summed E-state index contributed by atoms with van der Waals surface area (Å²) in [6.07, 6.45) is 0. The molecule has 74 valence electrons. The van der Waals surface area contributed by atoms with Crippen LogP contribution in [-0.4, -0.2) is 30.2 Å². The molecular formula is C9H15NO3. The Morgan fingerprint density at radius 1 is 1.23 bits per heavy atom. The molecule has 1 aromatic rings. The van der Waals surface area contributed by atoms with Crippen LogP contribution in [0.2, 0.25) is 0 Å². The third-order valence-corrected chi connectivity index (χ3v) is 0.885. The van der Waals surface area contributed by atoms with Crippen LogP contribution in [0.5, 0.6) is 5.75 Å². The number of carbonyl (C=O) groups excluding carboxylic acids is 1. The summed E-state index contributed by atoms with van der Waals surface area (Å²) in [6.45, 7) is 2.47. The van der Waals surface area contributed by atoms with E-state index in [2.05, 4.69) is 0 Å². The Morgan fingerprint density at radius 3 is 1.77 bits per heavy atom. The first-order chi connectivity index (χ1) is 6.31. The van der Waals surface area contributed by atoms with E-state index in [4.69, 9.17) is 20.7 Å². The average Bonchev–Trinajstić information content (AvgIpc) is 2.22. The highest BCUT2D eigenvalue weighted by atomic mass is 16.3. The van der Waals surface area contributed by atoms with Gasteiger partial charge in [0.2, 0.25) is 0 Å². The summed E-state index contributed by atoms with van der Waals surface area (Å²) < 4.78 is 0. The van der Waals surface area contributed by atoms with Gasteiger partial charge in [0.25, 0.3) is 0 Å². The Morgan fingerprint density at radius 2 is 1.62 bits per heavy atom. The largest absolute Gasteiger partial charge is 0.508 e. The highest BCUT2D eigenvalue weighted by Crippen LogP contribution is 2.02. The zero-order chi connectivity index (χ0) is 10.5. The van der Waals surface area contributed by atoms with Gasteiger partial charge >= 0.3 is 0 Å². The molecule has 0 saturated heterocycles. The molecule has 0 saturated carbocycles. The Hall–Kier alpha value is -1.39. The second kappa shape index (κ2) is 13.2. The van der Waals surface area contributed by atoms with Gasteiger partial charge in [-0.2, -0.15) is 0 Å². The van der Waals surface area contributed by atoms with Gasteiger partial charge in [-0.1, -0.05) is 18.2 Å². The van der Waals surface area contributed by atoms with E-state index >= 15 is 0 Å². The summed E-state index contributed by atoms with van der Waals surface area (Å²) in [6, 6.07) is 8.71. The van der Waals surface area contributed by atoms with Crippen LogP contribution in [0.1, 0.15) is 0 Å². The van der Waals surface area contributed by atoms with Gasteiger partial charge in [0.05, 0.1) is 6.61 Å². The molecule has 0 aliphatic carbocycles. The molecule has 1 aromatic carbocycles. The zero-order valence-corrected chi connectivity index (χ0v) is 7.39. The lowest BCUT2D eigenvalue weighted by atomic mass is 10.3. The summed E-state index contributed by atoms with van der Waals surface area (Å²) in [5.41, 5.74) is 4.78. The molecule has 0 aliphatic rings. The van der Waals surface area contributed by atoms with Crippen LogP contribution in [0.4, 0.5) is 0 Å². The van der Waals surface area contributed by atoms with Crippen LogP contribution in [0, 0.1) is 0 Å². The van der Waals surface area contributed by atoms with Crippen molar-refractivity contribution in [1.29, 1.82) is 0 Å². The van der Waals surface area contributed by atoms with E-state index in [1.54, 1.807) is 24.3 Å². The molecule has 0 heterocycles. The molecule has 0 bridgehead atoms. The van der Waals surface area contributed by atoms with E-state index in [0.29, 0.717) is 12.3 Å².